The van der Waals surface area contributed by atoms with Crippen molar-refractivity contribution in [3.8, 4) is 18.1 Å². The van der Waals surface area contributed by atoms with Gasteiger partial charge in [-0.15, -0.1) is 12.3 Å². The molecule has 1 unspecified atom stereocenters. The predicted molar refractivity (Wildman–Crippen MR) is 70.3 cm³/mol. The Morgan fingerprint density at radius 1 is 1.56 bits per heavy atom. The maximum Gasteiger partial charge on any atom is 0.125 e. The number of halogens is 1. The van der Waals surface area contributed by atoms with E-state index in [0.29, 0.717) is 6.61 Å². The van der Waals surface area contributed by atoms with E-state index in [4.69, 9.17) is 16.9 Å². The van der Waals surface area contributed by atoms with Crippen molar-refractivity contribution >= 4 is 15.9 Å². The molecule has 0 spiro atoms. The van der Waals surface area contributed by atoms with Gasteiger partial charge in [0.05, 0.1) is 6.61 Å². The van der Waals surface area contributed by atoms with E-state index in [-0.39, 0.29) is 6.04 Å². The summed E-state index contributed by atoms with van der Waals surface area (Å²) >= 11 is 3.41. The Morgan fingerprint density at radius 2 is 2.31 bits per heavy atom. The molecular weight excluding hydrogens is 266 g/mol. The number of hydrogen-bond acceptors (Lipinski definition) is 2. The minimum absolute atomic E-state index is 0.0317. The Labute approximate surface area is 105 Å². The molecule has 1 aromatic rings. The molecule has 1 atom stereocenters. The Balaban J connectivity index is 2.69. The van der Waals surface area contributed by atoms with Gasteiger partial charge in [0.1, 0.15) is 5.75 Å². The maximum atomic E-state index is 5.87. The zero-order valence-electron chi connectivity index (χ0n) is 9.37. The van der Waals surface area contributed by atoms with Gasteiger partial charge in [0.25, 0.3) is 0 Å². The highest BCUT2D eigenvalue weighted by Crippen LogP contribution is 2.27. The van der Waals surface area contributed by atoms with E-state index in [2.05, 4.69) is 21.9 Å². The largest absolute Gasteiger partial charge is 0.493 e. The van der Waals surface area contributed by atoms with Crippen molar-refractivity contribution in [1.29, 1.82) is 0 Å². The van der Waals surface area contributed by atoms with E-state index < -0.39 is 0 Å². The van der Waals surface area contributed by atoms with Crippen molar-refractivity contribution in [3.05, 3.63) is 28.2 Å². The highest BCUT2D eigenvalue weighted by atomic mass is 79.9. The van der Waals surface area contributed by atoms with Crippen LogP contribution in [0.15, 0.2) is 22.7 Å². The van der Waals surface area contributed by atoms with Crippen molar-refractivity contribution in [1.82, 2.24) is 0 Å². The van der Waals surface area contributed by atoms with Crippen LogP contribution in [0.25, 0.3) is 0 Å². The van der Waals surface area contributed by atoms with Gasteiger partial charge in [0.15, 0.2) is 0 Å². The molecule has 0 aromatic heterocycles. The first-order valence-corrected chi connectivity index (χ1v) is 6.05. The number of terminal acetylenes is 1. The van der Waals surface area contributed by atoms with Crippen molar-refractivity contribution in [2.75, 3.05) is 6.61 Å². The number of ether oxygens (including phenoxy) is 1. The first-order chi connectivity index (χ1) is 7.65. The highest BCUT2D eigenvalue weighted by molar-refractivity contribution is 9.10. The lowest BCUT2D eigenvalue weighted by molar-refractivity contribution is 0.308. The molecule has 0 heterocycles. The Hall–Kier alpha value is -0.980. The average Bonchev–Trinajstić information content (AvgIpc) is 2.24. The zero-order valence-corrected chi connectivity index (χ0v) is 11.0. The molecule has 86 valence electrons. The fourth-order valence-corrected chi connectivity index (χ4v) is 1.71. The molecule has 0 fully saturated rings. The van der Waals surface area contributed by atoms with Crippen LogP contribution in [0, 0.1) is 12.3 Å². The van der Waals surface area contributed by atoms with Crippen LogP contribution in [0.3, 0.4) is 0 Å². The predicted octanol–water partition coefficient (Wildman–Crippen LogP) is 3.26. The minimum Gasteiger partial charge on any atom is -0.493 e. The summed E-state index contributed by atoms with van der Waals surface area (Å²) in [5, 5.41) is 0. The molecule has 0 radical (unpaired) electrons. The van der Waals surface area contributed by atoms with Gasteiger partial charge >= 0.3 is 0 Å². The first-order valence-electron chi connectivity index (χ1n) is 5.26. The van der Waals surface area contributed by atoms with E-state index in [1.54, 1.807) is 0 Å². The van der Waals surface area contributed by atoms with Crippen molar-refractivity contribution in [3.63, 3.8) is 0 Å². The maximum absolute atomic E-state index is 5.87. The zero-order chi connectivity index (χ0) is 12.0. The summed E-state index contributed by atoms with van der Waals surface area (Å²) in [7, 11) is 0. The third kappa shape index (κ3) is 3.88. The molecule has 2 nitrogen and oxygen atoms in total. The number of benzene rings is 1. The molecule has 1 rings (SSSR count). The van der Waals surface area contributed by atoms with Crippen LogP contribution in [0.2, 0.25) is 0 Å². The van der Waals surface area contributed by atoms with Crippen molar-refractivity contribution < 1.29 is 4.74 Å². The first kappa shape index (κ1) is 13.1. The molecule has 0 aliphatic carbocycles. The third-order valence-corrected chi connectivity index (χ3v) is 2.68. The van der Waals surface area contributed by atoms with Gasteiger partial charge in [-0.05, 0) is 25.5 Å². The van der Waals surface area contributed by atoms with Crippen LogP contribution in [0.1, 0.15) is 31.4 Å². The quantitative estimate of drug-likeness (QED) is 0.664. The lowest BCUT2D eigenvalue weighted by Crippen LogP contribution is -2.08. The summed E-state index contributed by atoms with van der Waals surface area (Å²) in [6.07, 6.45) is 6.78. The van der Waals surface area contributed by atoms with Crippen LogP contribution < -0.4 is 10.5 Å². The van der Waals surface area contributed by atoms with Gasteiger partial charge < -0.3 is 10.5 Å². The Morgan fingerprint density at radius 3 is 2.94 bits per heavy atom. The van der Waals surface area contributed by atoms with Crippen LogP contribution in [0.4, 0.5) is 0 Å². The number of rotatable bonds is 5. The van der Waals surface area contributed by atoms with E-state index in [1.807, 2.05) is 25.1 Å². The fourth-order valence-electron chi connectivity index (χ4n) is 1.37. The fraction of sp³-hybridized carbons (Fsp3) is 0.385. The smallest absolute Gasteiger partial charge is 0.125 e. The molecule has 0 amide bonds. The number of unbranched alkanes of at least 4 members (excludes halogenated alkanes) is 1. The van der Waals surface area contributed by atoms with E-state index in [9.17, 15) is 0 Å². The van der Waals surface area contributed by atoms with E-state index in [0.717, 1.165) is 28.6 Å². The minimum atomic E-state index is -0.0317. The monoisotopic (exact) mass is 281 g/mol. The second-order valence-electron chi connectivity index (χ2n) is 3.63. The summed E-state index contributed by atoms with van der Waals surface area (Å²) in [5.74, 6) is 3.42. The second kappa shape index (κ2) is 6.57. The van der Waals surface area contributed by atoms with Crippen molar-refractivity contribution in [2.24, 2.45) is 5.73 Å². The Kier molecular flexibility index (Phi) is 5.37. The molecule has 0 saturated carbocycles. The number of hydrogen-bond donors (Lipinski definition) is 1. The van der Waals surface area contributed by atoms with Gasteiger partial charge in [-0.3, -0.25) is 0 Å². The van der Waals surface area contributed by atoms with Crippen LogP contribution in [-0.4, -0.2) is 6.61 Å². The number of nitrogens with two attached hydrogens (primary N) is 1. The SMILES string of the molecule is C#CCCCOc1cc(Br)ccc1C(C)N. The second-order valence-corrected chi connectivity index (χ2v) is 4.54. The molecule has 0 bridgehead atoms. The van der Waals surface area contributed by atoms with Crippen LogP contribution in [0.5, 0.6) is 5.75 Å². The molecule has 2 N–H and O–H groups in total. The molecule has 16 heavy (non-hydrogen) atoms. The van der Waals surface area contributed by atoms with Crippen molar-refractivity contribution in [2.45, 2.75) is 25.8 Å². The topological polar surface area (TPSA) is 35.2 Å². The van der Waals surface area contributed by atoms with Gasteiger partial charge in [0.2, 0.25) is 0 Å². The lowest BCUT2D eigenvalue weighted by atomic mass is 10.1. The van der Waals surface area contributed by atoms with Gasteiger partial charge in [-0.2, -0.15) is 0 Å². The van der Waals surface area contributed by atoms with E-state index in [1.165, 1.54) is 0 Å². The standard InChI is InChI=1S/C13H16BrNO/c1-3-4-5-8-16-13-9-11(14)6-7-12(13)10(2)15/h1,6-7,9-10H,4-5,8,15H2,2H3. The Bertz CT molecular complexity index is 382. The lowest BCUT2D eigenvalue weighted by Gasteiger charge is -2.14. The normalized spacial score (nSPS) is 11.9. The summed E-state index contributed by atoms with van der Waals surface area (Å²) in [6, 6.07) is 5.85. The summed E-state index contributed by atoms with van der Waals surface area (Å²) in [5.41, 5.74) is 6.88. The third-order valence-electron chi connectivity index (χ3n) is 2.19. The summed E-state index contributed by atoms with van der Waals surface area (Å²) in [4.78, 5) is 0. The highest BCUT2D eigenvalue weighted by Gasteiger charge is 2.08. The summed E-state index contributed by atoms with van der Waals surface area (Å²) in [6.45, 7) is 2.57. The van der Waals surface area contributed by atoms with Gasteiger partial charge in [-0.1, -0.05) is 22.0 Å². The average molecular weight is 282 g/mol. The summed E-state index contributed by atoms with van der Waals surface area (Å²) < 4.78 is 6.67. The van der Waals surface area contributed by atoms with E-state index >= 15 is 0 Å². The van der Waals surface area contributed by atoms with Gasteiger partial charge in [-0.25, -0.2) is 0 Å². The van der Waals surface area contributed by atoms with Crippen LogP contribution in [-0.2, 0) is 0 Å². The van der Waals surface area contributed by atoms with Crippen LogP contribution >= 0.6 is 15.9 Å². The molecular formula is C13H16BrNO. The molecule has 0 saturated heterocycles. The molecule has 3 heteroatoms. The molecule has 0 aliphatic heterocycles. The molecule has 0 aliphatic rings. The molecule has 1 aromatic carbocycles. The van der Waals surface area contributed by atoms with Gasteiger partial charge in [0, 0.05) is 22.5 Å².